The summed E-state index contributed by atoms with van der Waals surface area (Å²) >= 11 is 2.48. The van der Waals surface area contributed by atoms with Crippen LogP contribution in [0.25, 0.3) is 21.3 Å². The molecule has 1 amide bonds. The summed E-state index contributed by atoms with van der Waals surface area (Å²) in [6, 6.07) is 12.5. The lowest BCUT2D eigenvalue weighted by atomic mass is 10.1. The second kappa shape index (κ2) is 9.07. The predicted molar refractivity (Wildman–Crippen MR) is 126 cm³/mol. The lowest BCUT2D eigenvalue weighted by Crippen LogP contribution is -2.34. The Hall–Kier alpha value is -3.04. The van der Waals surface area contributed by atoms with E-state index in [1.807, 2.05) is 5.38 Å². The monoisotopic (exact) mass is 483 g/mol. The van der Waals surface area contributed by atoms with E-state index in [-0.39, 0.29) is 41.4 Å². The van der Waals surface area contributed by atoms with E-state index in [9.17, 15) is 18.4 Å². The molecule has 0 spiro atoms. The van der Waals surface area contributed by atoms with Crippen molar-refractivity contribution in [2.75, 3.05) is 5.75 Å². The van der Waals surface area contributed by atoms with Crippen LogP contribution in [0, 0.1) is 11.6 Å². The van der Waals surface area contributed by atoms with Crippen molar-refractivity contribution in [3.63, 3.8) is 0 Å². The number of amides is 1. The van der Waals surface area contributed by atoms with Gasteiger partial charge in [-0.25, -0.2) is 13.8 Å². The number of thioether (sulfide) groups is 1. The summed E-state index contributed by atoms with van der Waals surface area (Å²) < 4.78 is 27.3. The largest absolute Gasteiger partial charge is 0.335 e. The third-order valence-corrected chi connectivity index (χ3v) is 7.25. The molecule has 0 aliphatic heterocycles. The molecule has 9 heteroatoms. The fourth-order valence-electron chi connectivity index (χ4n) is 3.67. The molecule has 1 aliphatic carbocycles. The van der Waals surface area contributed by atoms with Gasteiger partial charge in [0.15, 0.2) is 5.16 Å². The zero-order valence-electron chi connectivity index (χ0n) is 17.4. The maximum atomic E-state index is 14.1. The zero-order chi connectivity index (χ0) is 22.9. The normalized spacial score (nSPS) is 13.4. The second-order valence-corrected chi connectivity index (χ2v) is 9.66. The number of hydrogen-bond acceptors (Lipinski definition) is 5. The standard InChI is InChI=1S/C24H19F2N3O2S2/c25-16-7-5-14(6-8-16)18-12-32-23-21(18)22(31)27-24(28-23)33-13-20(30)29(17-9-10-17)11-15-3-1-2-4-19(15)26/h1-8,12,17H,9-11,13H2,(H,27,28,31). The minimum absolute atomic E-state index is 0.0929. The molecule has 4 aromatic rings. The Morgan fingerprint density at radius 1 is 1.15 bits per heavy atom. The van der Waals surface area contributed by atoms with Crippen molar-refractivity contribution in [1.82, 2.24) is 14.9 Å². The molecule has 2 heterocycles. The molecule has 33 heavy (non-hydrogen) atoms. The quantitative estimate of drug-likeness (QED) is 0.289. The number of H-pyrrole nitrogens is 1. The van der Waals surface area contributed by atoms with Gasteiger partial charge in [-0.3, -0.25) is 9.59 Å². The van der Waals surface area contributed by atoms with E-state index < -0.39 is 0 Å². The smallest absolute Gasteiger partial charge is 0.260 e. The van der Waals surface area contributed by atoms with Crippen molar-refractivity contribution in [3.8, 4) is 11.1 Å². The highest BCUT2D eigenvalue weighted by atomic mass is 32.2. The number of rotatable bonds is 7. The van der Waals surface area contributed by atoms with Crippen LogP contribution >= 0.6 is 23.1 Å². The van der Waals surface area contributed by atoms with Gasteiger partial charge in [-0.05, 0) is 36.6 Å². The maximum absolute atomic E-state index is 14.1. The molecule has 1 fully saturated rings. The lowest BCUT2D eigenvalue weighted by Gasteiger charge is -2.22. The third-order valence-electron chi connectivity index (χ3n) is 5.52. The van der Waals surface area contributed by atoms with Crippen molar-refractivity contribution in [1.29, 1.82) is 0 Å². The molecule has 0 radical (unpaired) electrons. The van der Waals surface area contributed by atoms with Gasteiger partial charge >= 0.3 is 0 Å². The number of aromatic nitrogens is 2. The van der Waals surface area contributed by atoms with Crippen molar-refractivity contribution in [2.24, 2.45) is 0 Å². The van der Waals surface area contributed by atoms with E-state index in [2.05, 4.69) is 9.97 Å². The number of hydrogen-bond donors (Lipinski definition) is 1. The van der Waals surface area contributed by atoms with E-state index in [4.69, 9.17) is 0 Å². The fraction of sp³-hybridized carbons (Fsp3) is 0.208. The Kier molecular flexibility index (Phi) is 5.99. The van der Waals surface area contributed by atoms with E-state index in [0.29, 0.717) is 26.5 Å². The van der Waals surface area contributed by atoms with Gasteiger partial charge in [0.25, 0.3) is 5.56 Å². The first-order valence-corrected chi connectivity index (χ1v) is 12.3. The summed E-state index contributed by atoms with van der Waals surface area (Å²) in [5.74, 6) is -0.694. The Bertz CT molecular complexity index is 1380. The summed E-state index contributed by atoms with van der Waals surface area (Å²) in [7, 11) is 0. The summed E-state index contributed by atoms with van der Waals surface area (Å²) in [6.07, 6.45) is 1.82. The van der Waals surface area contributed by atoms with Crippen LogP contribution in [-0.2, 0) is 11.3 Å². The summed E-state index contributed by atoms with van der Waals surface area (Å²) in [5, 5.41) is 2.62. The third kappa shape index (κ3) is 4.69. The van der Waals surface area contributed by atoms with Crippen LogP contribution in [0.1, 0.15) is 18.4 Å². The van der Waals surface area contributed by atoms with E-state index in [1.54, 1.807) is 35.2 Å². The van der Waals surface area contributed by atoms with Gasteiger partial charge in [0.2, 0.25) is 5.91 Å². The topological polar surface area (TPSA) is 66.1 Å². The number of nitrogens with one attached hydrogen (secondary N) is 1. The molecule has 2 aromatic heterocycles. The Balaban J connectivity index is 1.33. The number of aromatic amines is 1. The minimum atomic E-state index is -0.344. The second-order valence-electron chi connectivity index (χ2n) is 7.84. The van der Waals surface area contributed by atoms with Gasteiger partial charge in [0.05, 0.1) is 11.1 Å². The van der Waals surface area contributed by atoms with Gasteiger partial charge in [-0.2, -0.15) is 0 Å². The Labute approximate surface area is 196 Å². The summed E-state index contributed by atoms with van der Waals surface area (Å²) in [6.45, 7) is 0.228. The van der Waals surface area contributed by atoms with Gasteiger partial charge in [-0.15, -0.1) is 11.3 Å². The number of nitrogens with zero attached hydrogens (tertiary/aromatic N) is 2. The van der Waals surface area contributed by atoms with E-state index in [1.165, 1.54) is 29.5 Å². The van der Waals surface area contributed by atoms with Crippen LogP contribution in [0.5, 0.6) is 0 Å². The van der Waals surface area contributed by atoms with Crippen molar-refractivity contribution in [2.45, 2.75) is 30.6 Å². The highest BCUT2D eigenvalue weighted by Crippen LogP contribution is 2.32. The van der Waals surface area contributed by atoms with Crippen LogP contribution in [-0.4, -0.2) is 32.6 Å². The van der Waals surface area contributed by atoms with E-state index in [0.717, 1.165) is 30.2 Å². The predicted octanol–water partition coefficient (Wildman–Crippen LogP) is 5.21. The summed E-state index contributed by atoms with van der Waals surface area (Å²) in [5.41, 5.74) is 1.61. The van der Waals surface area contributed by atoms with Crippen LogP contribution in [0.2, 0.25) is 0 Å². The molecule has 1 saturated carbocycles. The van der Waals surface area contributed by atoms with Crippen LogP contribution < -0.4 is 5.56 Å². The van der Waals surface area contributed by atoms with Gasteiger partial charge < -0.3 is 9.88 Å². The molecule has 1 aliphatic rings. The first kappa shape index (κ1) is 21.8. The zero-order valence-corrected chi connectivity index (χ0v) is 19.0. The lowest BCUT2D eigenvalue weighted by molar-refractivity contribution is -0.129. The van der Waals surface area contributed by atoms with Crippen LogP contribution in [0.15, 0.2) is 63.9 Å². The molecule has 5 rings (SSSR count). The number of carbonyl (C=O) groups is 1. The first-order chi connectivity index (χ1) is 16.0. The molecular weight excluding hydrogens is 464 g/mol. The SMILES string of the molecule is O=C(CSc1nc2scc(-c3ccc(F)cc3)c2c(=O)[nH]1)N(Cc1ccccc1F)C1CC1. The maximum Gasteiger partial charge on any atom is 0.260 e. The van der Waals surface area contributed by atoms with Gasteiger partial charge in [0.1, 0.15) is 16.5 Å². The van der Waals surface area contributed by atoms with Gasteiger partial charge in [-0.1, -0.05) is 42.1 Å². The first-order valence-electron chi connectivity index (χ1n) is 10.4. The van der Waals surface area contributed by atoms with Crippen LogP contribution in [0.4, 0.5) is 8.78 Å². The fourth-order valence-corrected chi connectivity index (χ4v) is 5.42. The number of fused-ring (bicyclic) bond motifs is 1. The summed E-state index contributed by atoms with van der Waals surface area (Å²) in [4.78, 5) is 35.2. The van der Waals surface area contributed by atoms with E-state index >= 15 is 0 Å². The molecule has 5 nitrogen and oxygen atoms in total. The molecule has 1 N–H and O–H groups in total. The molecule has 168 valence electrons. The number of carbonyl (C=O) groups excluding carboxylic acids is 1. The number of halogens is 2. The average molecular weight is 484 g/mol. The van der Waals surface area contributed by atoms with Crippen LogP contribution in [0.3, 0.4) is 0 Å². The molecule has 0 saturated heterocycles. The average Bonchev–Trinajstić information content (AvgIpc) is 3.56. The van der Waals surface area contributed by atoms with Gasteiger partial charge in [0, 0.05) is 29.1 Å². The van der Waals surface area contributed by atoms with Crippen molar-refractivity contribution >= 4 is 39.2 Å². The Morgan fingerprint density at radius 2 is 1.91 bits per heavy atom. The Morgan fingerprint density at radius 3 is 2.64 bits per heavy atom. The molecule has 2 aromatic carbocycles. The van der Waals surface area contributed by atoms with Crippen molar-refractivity contribution < 1.29 is 13.6 Å². The molecular formula is C24H19F2N3O2S2. The highest BCUT2D eigenvalue weighted by molar-refractivity contribution is 7.99. The minimum Gasteiger partial charge on any atom is -0.335 e. The number of thiophene rings is 1. The molecule has 0 atom stereocenters. The number of benzene rings is 2. The molecule has 0 unspecified atom stereocenters. The van der Waals surface area contributed by atoms with Crippen molar-refractivity contribution in [3.05, 3.63) is 81.5 Å². The highest BCUT2D eigenvalue weighted by Gasteiger charge is 2.33. The molecule has 0 bridgehead atoms.